The van der Waals surface area contributed by atoms with E-state index in [1.54, 1.807) is 0 Å². The van der Waals surface area contributed by atoms with E-state index in [1.165, 1.54) is 0 Å². The third-order valence-electron chi connectivity index (χ3n) is 2.65. The molecule has 0 aliphatic heterocycles. The van der Waals surface area contributed by atoms with Crippen molar-refractivity contribution in [2.75, 3.05) is 19.8 Å². The number of carbonyl (C=O) groups is 1. The van der Waals surface area contributed by atoms with E-state index < -0.39 is 33.7 Å². The quantitative estimate of drug-likeness (QED) is 0.454. The highest BCUT2D eigenvalue weighted by atomic mass is 19.2. The van der Waals surface area contributed by atoms with Crippen molar-refractivity contribution in [2.24, 2.45) is 0 Å². The molecule has 0 spiro atoms. The highest BCUT2D eigenvalue weighted by Gasteiger charge is 2.23. The van der Waals surface area contributed by atoms with E-state index in [9.17, 15) is 23.7 Å². The maximum atomic E-state index is 13.1. The van der Waals surface area contributed by atoms with Crippen LogP contribution in [0.2, 0.25) is 0 Å². The lowest BCUT2D eigenvalue weighted by Gasteiger charge is -2.07. The summed E-state index contributed by atoms with van der Waals surface area (Å²) >= 11 is 0. The molecule has 0 unspecified atom stereocenters. The van der Waals surface area contributed by atoms with E-state index >= 15 is 0 Å². The molecule has 1 amide bonds. The van der Waals surface area contributed by atoms with E-state index in [0.717, 1.165) is 12.8 Å². The predicted molar refractivity (Wildman–Crippen MR) is 71.1 cm³/mol. The Morgan fingerprint density at radius 1 is 1.33 bits per heavy atom. The minimum atomic E-state index is -1.37. The van der Waals surface area contributed by atoms with Crippen LogP contribution in [0.3, 0.4) is 0 Å². The normalized spacial score (nSPS) is 10.4. The highest BCUT2D eigenvalue weighted by Crippen LogP contribution is 2.22. The van der Waals surface area contributed by atoms with Crippen LogP contribution in [0.4, 0.5) is 14.5 Å². The molecule has 0 fully saturated rings. The van der Waals surface area contributed by atoms with Crippen LogP contribution in [0.25, 0.3) is 0 Å². The lowest BCUT2D eigenvalue weighted by molar-refractivity contribution is -0.385. The van der Waals surface area contributed by atoms with Crippen LogP contribution >= 0.6 is 0 Å². The summed E-state index contributed by atoms with van der Waals surface area (Å²) in [6.07, 6.45) is 1.87. The van der Waals surface area contributed by atoms with Gasteiger partial charge in [0.1, 0.15) is 5.56 Å². The van der Waals surface area contributed by atoms with Crippen LogP contribution in [0.15, 0.2) is 12.1 Å². The van der Waals surface area contributed by atoms with Gasteiger partial charge in [-0.05, 0) is 12.5 Å². The zero-order valence-corrected chi connectivity index (χ0v) is 11.5. The average molecular weight is 302 g/mol. The molecule has 21 heavy (non-hydrogen) atoms. The molecular weight excluding hydrogens is 286 g/mol. The number of amides is 1. The second kappa shape index (κ2) is 8.25. The summed E-state index contributed by atoms with van der Waals surface area (Å²) in [5.74, 6) is -3.54. The number of nitro benzene ring substituents is 1. The fourth-order valence-electron chi connectivity index (χ4n) is 1.55. The number of hydrogen-bond acceptors (Lipinski definition) is 4. The number of ether oxygens (including phenoxy) is 1. The Kier molecular flexibility index (Phi) is 6.67. The van der Waals surface area contributed by atoms with Gasteiger partial charge in [-0.1, -0.05) is 13.3 Å². The van der Waals surface area contributed by atoms with Crippen LogP contribution < -0.4 is 5.32 Å². The summed E-state index contributed by atoms with van der Waals surface area (Å²) in [5.41, 5.74) is -1.30. The molecule has 0 radical (unpaired) electrons. The maximum absolute atomic E-state index is 13.1. The molecule has 0 aromatic heterocycles. The molecule has 0 saturated heterocycles. The zero-order valence-electron chi connectivity index (χ0n) is 11.5. The lowest BCUT2D eigenvalue weighted by atomic mass is 10.1. The van der Waals surface area contributed by atoms with Gasteiger partial charge in [0, 0.05) is 13.2 Å². The van der Waals surface area contributed by atoms with Crippen molar-refractivity contribution in [3.8, 4) is 0 Å². The molecule has 0 saturated carbocycles. The van der Waals surface area contributed by atoms with E-state index in [0.29, 0.717) is 18.7 Å². The first-order valence-corrected chi connectivity index (χ1v) is 6.46. The van der Waals surface area contributed by atoms with Gasteiger partial charge in [0.05, 0.1) is 17.6 Å². The van der Waals surface area contributed by atoms with Gasteiger partial charge < -0.3 is 10.1 Å². The van der Waals surface area contributed by atoms with Crippen molar-refractivity contribution in [1.82, 2.24) is 5.32 Å². The summed E-state index contributed by atoms with van der Waals surface area (Å²) in [7, 11) is 0. The Morgan fingerprint density at radius 2 is 2.00 bits per heavy atom. The van der Waals surface area contributed by atoms with Crippen molar-refractivity contribution >= 4 is 11.6 Å². The SMILES string of the molecule is CCCCOCCNC(=O)c1cc(F)c(F)cc1[N+](=O)[O-]. The second-order valence-corrected chi connectivity index (χ2v) is 4.26. The molecule has 6 nitrogen and oxygen atoms in total. The van der Waals surface area contributed by atoms with Gasteiger partial charge in [0.2, 0.25) is 0 Å². The Morgan fingerprint density at radius 3 is 2.62 bits per heavy atom. The summed E-state index contributed by atoms with van der Waals surface area (Å²) < 4.78 is 31.3. The van der Waals surface area contributed by atoms with E-state index in [4.69, 9.17) is 4.74 Å². The fourth-order valence-corrected chi connectivity index (χ4v) is 1.55. The van der Waals surface area contributed by atoms with Crippen molar-refractivity contribution in [3.05, 3.63) is 39.4 Å². The van der Waals surface area contributed by atoms with Crippen LogP contribution in [0, 0.1) is 21.7 Å². The number of rotatable bonds is 8. The average Bonchev–Trinajstić information content (AvgIpc) is 2.44. The van der Waals surface area contributed by atoms with Gasteiger partial charge in [0.15, 0.2) is 11.6 Å². The van der Waals surface area contributed by atoms with Crippen molar-refractivity contribution < 1.29 is 23.2 Å². The number of nitrogens with one attached hydrogen (secondary N) is 1. The first-order chi connectivity index (χ1) is 9.97. The molecule has 0 aliphatic rings. The zero-order chi connectivity index (χ0) is 15.8. The number of carbonyl (C=O) groups excluding carboxylic acids is 1. The molecule has 1 rings (SSSR count). The first-order valence-electron chi connectivity index (χ1n) is 6.46. The minimum Gasteiger partial charge on any atom is -0.380 e. The number of nitrogens with zero attached hydrogens (tertiary/aromatic N) is 1. The third kappa shape index (κ3) is 5.07. The Balaban J connectivity index is 2.65. The van der Waals surface area contributed by atoms with Gasteiger partial charge in [-0.25, -0.2) is 8.78 Å². The summed E-state index contributed by atoms with van der Waals surface area (Å²) in [6, 6.07) is 0.905. The monoisotopic (exact) mass is 302 g/mol. The van der Waals surface area contributed by atoms with Crippen molar-refractivity contribution in [3.63, 3.8) is 0 Å². The Labute approximate surface area is 120 Å². The van der Waals surface area contributed by atoms with Crippen molar-refractivity contribution in [1.29, 1.82) is 0 Å². The summed E-state index contributed by atoms with van der Waals surface area (Å²) in [4.78, 5) is 21.6. The number of unbranched alkanes of at least 4 members (excludes halogenated alkanes) is 1. The van der Waals surface area contributed by atoms with Crippen molar-refractivity contribution in [2.45, 2.75) is 19.8 Å². The molecule has 116 valence electrons. The van der Waals surface area contributed by atoms with Gasteiger partial charge in [0.25, 0.3) is 11.6 Å². The molecule has 8 heteroatoms. The maximum Gasteiger partial charge on any atom is 0.285 e. The number of benzene rings is 1. The lowest BCUT2D eigenvalue weighted by Crippen LogP contribution is -2.28. The van der Waals surface area contributed by atoms with Crippen LogP contribution in [-0.4, -0.2) is 30.6 Å². The molecule has 1 aromatic carbocycles. The molecular formula is C13H16F2N2O4. The van der Waals surface area contributed by atoms with Gasteiger partial charge in [-0.3, -0.25) is 14.9 Å². The first kappa shape index (κ1) is 17.0. The highest BCUT2D eigenvalue weighted by molar-refractivity contribution is 5.98. The Hall–Kier alpha value is -2.09. The molecule has 1 aromatic rings. The van der Waals surface area contributed by atoms with E-state index in [1.807, 2.05) is 6.92 Å². The summed E-state index contributed by atoms with van der Waals surface area (Å²) in [5, 5.41) is 13.1. The molecule has 0 bridgehead atoms. The smallest absolute Gasteiger partial charge is 0.285 e. The third-order valence-corrected chi connectivity index (χ3v) is 2.65. The standard InChI is InChI=1S/C13H16F2N2O4/c1-2-3-5-21-6-4-16-13(18)9-7-10(14)11(15)8-12(9)17(19)20/h7-8H,2-6H2,1H3,(H,16,18). The largest absolute Gasteiger partial charge is 0.380 e. The number of nitro groups is 1. The molecule has 1 N–H and O–H groups in total. The topological polar surface area (TPSA) is 81.5 Å². The van der Waals surface area contributed by atoms with Crippen LogP contribution in [0.5, 0.6) is 0 Å². The molecule has 0 heterocycles. The summed E-state index contributed by atoms with van der Waals surface area (Å²) in [6.45, 7) is 2.92. The van der Waals surface area contributed by atoms with E-state index in [2.05, 4.69) is 5.32 Å². The fraction of sp³-hybridized carbons (Fsp3) is 0.462. The van der Waals surface area contributed by atoms with Crippen LogP contribution in [-0.2, 0) is 4.74 Å². The van der Waals surface area contributed by atoms with Crippen LogP contribution in [0.1, 0.15) is 30.1 Å². The van der Waals surface area contributed by atoms with E-state index in [-0.39, 0.29) is 13.2 Å². The second-order valence-electron chi connectivity index (χ2n) is 4.26. The van der Waals surface area contributed by atoms with Gasteiger partial charge >= 0.3 is 0 Å². The van der Waals surface area contributed by atoms with Gasteiger partial charge in [-0.2, -0.15) is 0 Å². The minimum absolute atomic E-state index is 0.124. The predicted octanol–water partition coefficient (Wildman–Crippen LogP) is 2.42. The number of hydrogen-bond donors (Lipinski definition) is 1. The molecule has 0 aliphatic carbocycles. The van der Waals surface area contributed by atoms with Gasteiger partial charge in [-0.15, -0.1) is 0 Å². The molecule has 0 atom stereocenters. The Bertz CT molecular complexity index is 523. The number of halogens is 2.